The van der Waals surface area contributed by atoms with E-state index >= 15 is 0 Å². The molecule has 0 bridgehead atoms. The number of pyridine rings is 1. The molecule has 4 aromatic rings. The topological polar surface area (TPSA) is 59.8 Å². The molecular formula is C23H15BrN4O. The van der Waals surface area contributed by atoms with Crippen LogP contribution in [0.4, 0.5) is 5.69 Å². The van der Waals surface area contributed by atoms with Crippen molar-refractivity contribution in [1.82, 2.24) is 14.8 Å². The number of halogens is 1. The molecule has 4 rings (SSSR count). The van der Waals surface area contributed by atoms with Crippen molar-refractivity contribution >= 4 is 27.5 Å². The van der Waals surface area contributed by atoms with Gasteiger partial charge in [-0.25, -0.2) is 9.67 Å². The molecule has 0 atom stereocenters. The zero-order valence-corrected chi connectivity index (χ0v) is 16.8. The predicted molar refractivity (Wildman–Crippen MR) is 116 cm³/mol. The summed E-state index contributed by atoms with van der Waals surface area (Å²) in [6, 6.07) is 20.3. The second-order valence-corrected chi connectivity index (χ2v) is 7.07. The maximum atomic E-state index is 12.6. The summed E-state index contributed by atoms with van der Waals surface area (Å²) in [5.74, 6) is 5.89. The van der Waals surface area contributed by atoms with E-state index in [4.69, 9.17) is 0 Å². The molecule has 0 saturated carbocycles. The largest absolute Gasteiger partial charge is 0.322 e. The third-order valence-corrected chi connectivity index (χ3v) is 4.47. The number of nitrogens with one attached hydrogen (secondary N) is 1. The van der Waals surface area contributed by atoms with Gasteiger partial charge in [0.2, 0.25) is 0 Å². The fraction of sp³-hybridized carbons (Fsp3) is 0. The lowest BCUT2D eigenvalue weighted by Crippen LogP contribution is -2.12. The fourth-order valence-electron chi connectivity index (χ4n) is 2.66. The highest BCUT2D eigenvalue weighted by Gasteiger charge is 2.07. The van der Waals surface area contributed by atoms with Gasteiger partial charge in [0.15, 0.2) is 0 Å². The molecule has 2 aromatic carbocycles. The normalized spacial score (nSPS) is 10.1. The summed E-state index contributed by atoms with van der Waals surface area (Å²) in [6.45, 7) is 0. The summed E-state index contributed by atoms with van der Waals surface area (Å²) in [6.07, 6.45) is 5.27. The van der Waals surface area contributed by atoms with E-state index in [9.17, 15) is 4.79 Å². The zero-order valence-electron chi connectivity index (χ0n) is 15.2. The first-order valence-electron chi connectivity index (χ1n) is 8.82. The van der Waals surface area contributed by atoms with Crippen LogP contribution in [0.2, 0.25) is 0 Å². The number of nitrogens with zero attached hydrogens (tertiary/aromatic N) is 3. The Morgan fingerprint density at radius 2 is 1.86 bits per heavy atom. The molecule has 0 aliphatic carbocycles. The highest BCUT2D eigenvalue weighted by Crippen LogP contribution is 2.15. The number of hydrogen-bond acceptors (Lipinski definition) is 3. The Labute approximate surface area is 176 Å². The van der Waals surface area contributed by atoms with Crippen molar-refractivity contribution in [2.24, 2.45) is 0 Å². The van der Waals surface area contributed by atoms with Gasteiger partial charge < -0.3 is 5.32 Å². The average Bonchev–Trinajstić information content (AvgIpc) is 3.20. The molecule has 6 heteroatoms. The Bertz CT molecular complexity index is 1200. The van der Waals surface area contributed by atoms with E-state index < -0.39 is 0 Å². The first kappa shape index (κ1) is 18.7. The first-order chi connectivity index (χ1) is 14.2. The van der Waals surface area contributed by atoms with E-state index in [0.717, 1.165) is 15.7 Å². The van der Waals surface area contributed by atoms with Crippen LogP contribution in [-0.4, -0.2) is 20.7 Å². The fourth-order valence-corrected chi connectivity index (χ4v) is 2.94. The zero-order chi connectivity index (χ0) is 20.1. The number of amides is 1. The molecule has 0 fully saturated rings. The molecule has 0 unspecified atom stereocenters. The molecule has 0 aliphatic rings. The minimum Gasteiger partial charge on any atom is -0.322 e. The van der Waals surface area contributed by atoms with Crippen molar-refractivity contribution < 1.29 is 4.79 Å². The third kappa shape index (κ3) is 4.78. The van der Waals surface area contributed by atoms with Crippen LogP contribution < -0.4 is 5.32 Å². The van der Waals surface area contributed by atoms with Crippen molar-refractivity contribution in [1.29, 1.82) is 0 Å². The minimum atomic E-state index is -0.187. The number of carbonyl (C=O) groups is 1. The Morgan fingerprint density at radius 3 is 2.59 bits per heavy atom. The van der Waals surface area contributed by atoms with Gasteiger partial charge in [0.05, 0.1) is 16.4 Å². The summed E-state index contributed by atoms with van der Waals surface area (Å²) < 4.78 is 2.63. The van der Waals surface area contributed by atoms with Crippen molar-refractivity contribution in [3.8, 4) is 17.5 Å². The van der Waals surface area contributed by atoms with E-state index in [1.807, 2.05) is 60.8 Å². The van der Waals surface area contributed by atoms with Crippen molar-refractivity contribution in [2.45, 2.75) is 0 Å². The first-order valence-corrected chi connectivity index (χ1v) is 9.62. The Balaban J connectivity index is 1.46. The smallest absolute Gasteiger partial charge is 0.255 e. The number of rotatable bonds is 3. The molecule has 5 nitrogen and oxygen atoms in total. The standard InChI is InChI=1S/C23H15BrN4O/c24-19-15-26-28(16-19)22-11-8-18(9-12-22)23(29)27-21-6-3-4-17(14-21)7-10-20-5-1-2-13-25-20/h1-6,8-9,11-16H,(H,27,29). The summed E-state index contributed by atoms with van der Waals surface area (Å²) in [5.41, 5.74) is 3.62. The SMILES string of the molecule is O=C(Nc1cccc(C#Cc2ccccn2)c1)c1ccc(-n2cc(Br)cn2)cc1. The molecule has 1 amide bonds. The van der Waals surface area contributed by atoms with Crippen LogP contribution in [0.5, 0.6) is 0 Å². The lowest BCUT2D eigenvalue weighted by atomic mass is 10.1. The molecule has 0 saturated heterocycles. The van der Waals surface area contributed by atoms with Crippen LogP contribution in [0.1, 0.15) is 21.6 Å². The van der Waals surface area contributed by atoms with Crippen molar-refractivity contribution in [3.63, 3.8) is 0 Å². The molecule has 2 aromatic heterocycles. The lowest BCUT2D eigenvalue weighted by molar-refractivity contribution is 0.102. The highest BCUT2D eigenvalue weighted by molar-refractivity contribution is 9.10. The molecule has 0 radical (unpaired) electrons. The summed E-state index contributed by atoms with van der Waals surface area (Å²) in [4.78, 5) is 16.8. The third-order valence-electron chi connectivity index (χ3n) is 4.07. The van der Waals surface area contributed by atoms with Crippen LogP contribution >= 0.6 is 15.9 Å². The van der Waals surface area contributed by atoms with Crippen LogP contribution in [0.3, 0.4) is 0 Å². The van der Waals surface area contributed by atoms with Gasteiger partial charge in [-0.3, -0.25) is 4.79 Å². The predicted octanol–water partition coefficient (Wildman–Crippen LogP) is 4.68. The van der Waals surface area contributed by atoms with Crippen molar-refractivity contribution in [2.75, 3.05) is 5.32 Å². The van der Waals surface area contributed by atoms with Crippen LogP contribution in [-0.2, 0) is 0 Å². The maximum absolute atomic E-state index is 12.6. The van der Waals surface area contributed by atoms with Gasteiger partial charge in [-0.05, 0) is 76.4 Å². The van der Waals surface area contributed by atoms with Crippen LogP contribution in [0.25, 0.3) is 5.69 Å². The molecule has 140 valence electrons. The quantitative estimate of drug-likeness (QED) is 0.468. The van der Waals surface area contributed by atoms with E-state index in [1.54, 1.807) is 29.2 Å². The van der Waals surface area contributed by atoms with Gasteiger partial charge in [0.1, 0.15) is 5.69 Å². The van der Waals surface area contributed by atoms with Crippen molar-refractivity contribution in [3.05, 3.63) is 107 Å². The monoisotopic (exact) mass is 442 g/mol. The highest BCUT2D eigenvalue weighted by atomic mass is 79.9. The van der Waals surface area contributed by atoms with E-state index in [2.05, 4.69) is 43.2 Å². The van der Waals surface area contributed by atoms with E-state index in [0.29, 0.717) is 16.9 Å². The second kappa shape index (κ2) is 8.55. The molecular weight excluding hydrogens is 428 g/mol. The number of hydrogen-bond donors (Lipinski definition) is 1. The van der Waals surface area contributed by atoms with Gasteiger partial charge in [0.25, 0.3) is 5.91 Å². The minimum absolute atomic E-state index is 0.187. The summed E-state index contributed by atoms with van der Waals surface area (Å²) in [5, 5.41) is 7.14. The number of benzene rings is 2. The van der Waals surface area contributed by atoms with Gasteiger partial charge in [-0.2, -0.15) is 5.10 Å². The Kier molecular flexibility index (Phi) is 5.50. The Hall–Kier alpha value is -3.69. The second-order valence-electron chi connectivity index (χ2n) is 6.15. The van der Waals surface area contributed by atoms with E-state index in [1.165, 1.54) is 0 Å². The molecule has 29 heavy (non-hydrogen) atoms. The van der Waals surface area contributed by atoms with Crippen LogP contribution in [0, 0.1) is 11.8 Å². The van der Waals surface area contributed by atoms with Gasteiger partial charge in [0, 0.05) is 29.2 Å². The van der Waals surface area contributed by atoms with Crippen LogP contribution in [0.15, 0.2) is 89.8 Å². The maximum Gasteiger partial charge on any atom is 0.255 e. The summed E-state index contributed by atoms with van der Waals surface area (Å²) in [7, 11) is 0. The molecule has 0 spiro atoms. The molecule has 0 aliphatic heterocycles. The van der Waals surface area contributed by atoms with Gasteiger partial charge in [-0.15, -0.1) is 0 Å². The lowest BCUT2D eigenvalue weighted by Gasteiger charge is -2.07. The number of aromatic nitrogens is 3. The Morgan fingerprint density at radius 1 is 1.00 bits per heavy atom. The molecule has 2 heterocycles. The molecule has 1 N–H and O–H groups in total. The number of anilines is 1. The van der Waals surface area contributed by atoms with Gasteiger partial charge in [-0.1, -0.05) is 18.1 Å². The number of carbonyl (C=O) groups excluding carboxylic acids is 1. The van der Waals surface area contributed by atoms with Gasteiger partial charge >= 0.3 is 0 Å². The van der Waals surface area contributed by atoms with E-state index in [-0.39, 0.29) is 5.91 Å². The average molecular weight is 443 g/mol. The summed E-state index contributed by atoms with van der Waals surface area (Å²) >= 11 is 3.37.